The van der Waals surface area contributed by atoms with Crippen molar-refractivity contribution in [2.75, 3.05) is 0 Å². The van der Waals surface area contributed by atoms with E-state index in [-0.39, 0.29) is 12.2 Å². The lowest BCUT2D eigenvalue weighted by Gasteiger charge is -2.13. The molecule has 0 amide bonds. The van der Waals surface area contributed by atoms with E-state index >= 15 is 0 Å². The normalized spacial score (nSPS) is 10.2. The molecule has 0 atom stereocenters. The zero-order valence-corrected chi connectivity index (χ0v) is 11.0. The molecule has 2 aromatic carbocycles. The third-order valence-corrected chi connectivity index (χ3v) is 3.03. The van der Waals surface area contributed by atoms with Gasteiger partial charge in [-0.25, -0.2) is 4.79 Å². The third kappa shape index (κ3) is 2.94. The quantitative estimate of drug-likeness (QED) is 0.909. The standard InChI is InChI=1S/C16H16O3/c1-11-6-5-7-12(2)15(11)19-10-13-8-3-4-9-14(13)16(17)18/h3-9H,10H2,1-2H3,(H,17,18). The minimum Gasteiger partial charge on any atom is -0.488 e. The predicted molar refractivity (Wildman–Crippen MR) is 73.6 cm³/mol. The van der Waals surface area contributed by atoms with E-state index in [1.54, 1.807) is 18.2 Å². The van der Waals surface area contributed by atoms with Crippen molar-refractivity contribution in [1.82, 2.24) is 0 Å². The van der Waals surface area contributed by atoms with E-state index in [4.69, 9.17) is 9.84 Å². The zero-order valence-electron chi connectivity index (χ0n) is 11.0. The van der Waals surface area contributed by atoms with Crippen molar-refractivity contribution in [3.63, 3.8) is 0 Å². The summed E-state index contributed by atoms with van der Waals surface area (Å²) in [4.78, 5) is 11.1. The van der Waals surface area contributed by atoms with E-state index < -0.39 is 5.97 Å². The van der Waals surface area contributed by atoms with Crippen molar-refractivity contribution < 1.29 is 14.6 Å². The Morgan fingerprint density at radius 3 is 2.32 bits per heavy atom. The topological polar surface area (TPSA) is 46.5 Å². The Balaban J connectivity index is 2.22. The molecule has 3 heteroatoms. The average molecular weight is 256 g/mol. The maximum absolute atomic E-state index is 11.1. The Bertz CT molecular complexity index is 582. The van der Waals surface area contributed by atoms with Crippen molar-refractivity contribution in [3.8, 4) is 5.75 Å². The number of hydrogen-bond donors (Lipinski definition) is 1. The van der Waals surface area contributed by atoms with E-state index in [0.29, 0.717) is 5.56 Å². The van der Waals surface area contributed by atoms with E-state index in [0.717, 1.165) is 16.9 Å². The lowest BCUT2D eigenvalue weighted by Crippen LogP contribution is -2.06. The molecule has 0 radical (unpaired) electrons. The van der Waals surface area contributed by atoms with Gasteiger partial charge in [0, 0.05) is 5.56 Å². The Morgan fingerprint density at radius 2 is 1.68 bits per heavy atom. The molecular formula is C16H16O3. The van der Waals surface area contributed by atoms with Crippen molar-refractivity contribution in [3.05, 3.63) is 64.7 Å². The maximum atomic E-state index is 11.1. The van der Waals surface area contributed by atoms with Crippen LogP contribution in [0, 0.1) is 13.8 Å². The smallest absolute Gasteiger partial charge is 0.336 e. The molecule has 0 heterocycles. The van der Waals surface area contributed by atoms with Gasteiger partial charge in [-0.3, -0.25) is 0 Å². The van der Waals surface area contributed by atoms with Gasteiger partial charge in [0.15, 0.2) is 0 Å². The number of benzene rings is 2. The molecular weight excluding hydrogens is 240 g/mol. The summed E-state index contributed by atoms with van der Waals surface area (Å²) in [6.07, 6.45) is 0. The fourth-order valence-electron chi connectivity index (χ4n) is 2.03. The van der Waals surface area contributed by atoms with Crippen LogP contribution in [-0.2, 0) is 6.61 Å². The summed E-state index contributed by atoms with van der Waals surface area (Å²) in [5, 5.41) is 9.12. The molecule has 0 fully saturated rings. The SMILES string of the molecule is Cc1cccc(C)c1OCc1ccccc1C(=O)O. The van der Waals surface area contributed by atoms with Gasteiger partial charge in [0.1, 0.15) is 12.4 Å². The monoisotopic (exact) mass is 256 g/mol. The summed E-state index contributed by atoms with van der Waals surface area (Å²) in [6, 6.07) is 12.8. The van der Waals surface area contributed by atoms with Crippen LogP contribution in [0.25, 0.3) is 0 Å². The molecule has 2 rings (SSSR count). The van der Waals surface area contributed by atoms with Crippen LogP contribution in [0.5, 0.6) is 5.75 Å². The molecule has 0 aliphatic rings. The largest absolute Gasteiger partial charge is 0.488 e. The summed E-state index contributed by atoms with van der Waals surface area (Å²) in [6.45, 7) is 4.21. The molecule has 2 aromatic rings. The molecule has 0 aliphatic carbocycles. The first kappa shape index (κ1) is 13.1. The fourth-order valence-corrected chi connectivity index (χ4v) is 2.03. The highest BCUT2D eigenvalue weighted by molar-refractivity contribution is 5.89. The van der Waals surface area contributed by atoms with Crippen LogP contribution in [0.2, 0.25) is 0 Å². The molecule has 98 valence electrons. The fraction of sp³-hybridized carbons (Fsp3) is 0.188. The Labute approximate surface area is 112 Å². The van der Waals surface area contributed by atoms with Gasteiger partial charge < -0.3 is 9.84 Å². The minimum absolute atomic E-state index is 0.258. The number of hydrogen-bond acceptors (Lipinski definition) is 2. The lowest BCUT2D eigenvalue weighted by molar-refractivity contribution is 0.0694. The van der Waals surface area contributed by atoms with Crippen LogP contribution >= 0.6 is 0 Å². The Hall–Kier alpha value is -2.29. The van der Waals surface area contributed by atoms with Gasteiger partial charge in [-0.2, -0.15) is 0 Å². The molecule has 1 N–H and O–H groups in total. The van der Waals surface area contributed by atoms with Gasteiger partial charge in [-0.05, 0) is 31.0 Å². The van der Waals surface area contributed by atoms with Crippen molar-refractivity contribution in [2.24, 2.45) is 0 Å². The molecule has 19 heavy (non-hydrogen) atoms. The van der Waals surface area contributed by atoms with Crippen LogP contribution in [0.3, 0.4) is 0 Å². The highest BCUT2D eigenvalue weighted by atomic mass is 16.5. The second kappa shape index (κ2) is 5.57. The van der Waals surface area contributed by atoms with E-state index in [1.807, 2.05) is 38.1 Å². The van der Waals surface area contributed by atoms with Crippen LogP contribution in [0.15, 0.2) is 42.5 Å². The second-order valence-corrected chi connectivity index (χ2v) is 4.47. The average Bonchev–Trinajstić information content (AvgIpc) is 2.38. The molecule has 0 aromatic heterocycles. The molecule has 0 spiro atoms. The zero-order chi connectivity index (χ0) is 13.8. The highest BCUT2D eigenvalue weighted by Crippen LogP contribution is 2.24. The Kier molecular flexibility index (Phi) is 3.85. The maximum Gasteiger partial charge on any atom is 0.336 e. The first-order valence-corrected chi connectivity index (χ1v) is 6.10. The van der Waals surface area contributed by atoms with Crippen LogP contribution in [-0.4, -0.2) is 11.1 Å². The number of carbonyl (C=O) groups is 1. The van der Waals surface area contributed by atoms with Gasteiger partial charge in [-0.15, -0.1) is 0 Å². The third-order valence-electron chi connectivity index (χ3n) is 3.03. The predicted octanol–water partition coefficient (Wildman–Crippen LogP) is 3.58. The molecule has 0 aliphatic heterocycles. The molecule has 0 saturated heterocycles. The number of rotatable bonds is 4. The Morgan fingerprint density at radius 1 is 1.05 bits per heavy atom. The molecule has 3 nitrogen and oxygen atoms in total. The number of ether oxygens (including phenoxy) is 1. The van der Waals surface area contributed by atoms with Gasteiger partial charge in [0.2, 0.25) is 0 Å². The van der Waals surface area contributed by atoms with Gasteiger partial charge in [0.05, 0.1) is 5.56 Å². The van der Waals surface area contributed by atoms with Gasteiger partial charge >= 0.3 is 5.97 Å². The summed E-state index contributed by atoms with van der Waals surface area (Å²) < 4.78 is 5.78. The van der Waals surface area contributed by atoms with Gasteiger partial charge in [-0.1, -0.05) is 36.4 Å². The van der Waals surface area contributed by atoms with E-state index in [2.05, 4.69) is 0 Å². The number of aromatic carboxylic acids is 1. The molecule has 0 unspecified atom stereocenters. The summed E-state index contributed by atoms with van der Waals surface area (Å²) >= 11 is 0. The number of carboxylic acid groups (broad SMARTS) is 1. The van der Waals surface area contributed by atoms with Gasteiger partial charge in [0.25, 0.3) is 0 Å². The van der Waals surface area contributed by atoms with Crippen molar-refractivity contribution >= 4 is 5.97 Å². The summed E-state index contributed by atoms with van der Waals surface area (Å²) in [7, 11) is 0. The summed E-state index contributed by atoms with van der Waals surface area (Å²) in [5.41, 5.74) is 3.06. The van der Waals surface area contributed by atoms with E-state index in [9.17, 15) is 4.79 Å². The first-order chi connectivity index (χ1) is 9.09. The minimum atomic E-state index is -0.930. The number of para-hydroxylation sites is 1. The first-order valence-electron chi connectivity index (χ1n) is 6.10. The number of aryl methyl sites for hydroxylation is 2. The number of carboxylic acids is 1. The lowest BCUT2D eigenvalue weighted by atomic mass is 10.1. The van der Waals surface area contributed by atoms with Crippen LogP contribution in [0.4, 0.5) is 0 Å². The summed E-state index contributed by atoms with van der Waals surface area (Å²) in [5.74, 6) is -0.108. The molecule has 0 saturated carbocycles. The van der Waals surface area contributed by atoms with Crippen LogP contribution < -0.4 is 4.74 Å². The second-order valence-electron chi connectivity index (χ2n) is 4.47. The van der Waals surface area contributed by atoms with Crippen molar-refractivity contribution in [1.29, 1.82) is 0 Å². The molecule has 0 bridgehead atoms. The highest BCUT2D eigenvalue weighted by Gasteiger charge is 2.10. The van der Waals surface area contributed by atoms with Crippen molar-refractivity contribution in [2.45, 2.75) is 20.5 Å². The van der Waals surface area contributed by atoms with Crippen LogP contribution in [0.1, 0.15) is 27.0 Å². The van der Waals surface area contributed by atoms with E-state index in [1.165, 1.54) is 0 Å².